The van der Waals surface area contributed by atoms with Gasteiger partial charge in [0.15, 0.2) is 5.65 Å². The lowest BCUT2D eigenvalue weighted by Crippen LogP contribution is -2.21. The molecule has 5 nitrogen and oxygen atoms in total. The van der Waals surface area contributed by atoms with E-state index >= 15 is 0 Å². The summed E-state index contributed by atoms with van der Waals surface area (Å²) in [5.74, 6) is 0.596. The minimum Gasteiger partial charge on any atom is -0.383 e. The first-order valence-electron chi connectivity index (χ1n) is 9.73. The van der Waals surface area contributed by atoms with Crippen LogP contribution < -0.4 is 5.32 Å². The molecule has 2 aromatic heterocycles. The third-order valence-corrected chi connectivity index (χ3v) is 4.92. The summed E-state index contributed by atoms with van der Waals surface area (Å²) in [7, 11) is 1.62. The number of ether oxygens (including phenoxy) is 1. The quantitative estimate of drug-likeness (QED) is 0.439. The molecule has 0 spiro atoms. The number of nitrogens with zero attached hydrogens (tertiary/aromatic N) is 3. The summed E-state index contributed by atoms with van der Waals surface area (Å²) >= 11 is 0. The molecule has 0 saturated heterocycles. The van der Waals surface area contributed by atoms with Gasteiger partial charge in [0.1, 0.15) is 12.1 Å². The average molecular weight is 426 g/mol. The Bertz CT molecular complexity index is 1190. The molecule has 0 unspecified atom stereocenters. The molecule has 4 rings (SSSR count). The molecule has 2 heterocycles. The van der Waals surface area contributed by atoms with E-state index in [1.54, 1.807) is 23.9 Å². The van der Waals surface area contributed by atoms with Crippen LogP contribution in [0.5, 0.6) is 0 Å². The molecule has 0 radical (unpaired) electrons. The number of halogens is 3. The van der Waals surface area contributed by atoms with Gasteiger partial charge in [-0.2, -0.15) is 13.2 Å². The summed E-state index contributed by atoms with van der Waals surface area (Å²) in [6.45, 7) is 2.43. The standard InChI is InChI=1S/C23H21F3N4O/c1-15(13-31-2)29-21-20-19(16-7-4-3-5-8-16)12-30(22(20)28-14-27-21)18-10-6-9-17(11-18)23(24,25)26/h3-12,14-15H,13H2,1-2H3,(H,27,28,29)/t15-/m0/s1. The van der Waals surface area contributed by atoms with Gasteiger partial charge in [-0.15, -0.1) is 0 Å². The molecule has 31 heavy (non-hydrogen) atoms. The Morgan fingerprint density at radius 2 is 1.84 bits per heavy atom. The van der Waals surface area contributed by atoms with Crippen molar-refractivity contribution >= 4 is 16.9 Å². The van der Waals surface area contributed by atoms with Crippen LogP contribution in [-0.2, 0) is 10.9 Å². The van der Waals surface area contributed by atoms with Crippen molar-refractivity contribution < 1.29 is 17.9 Å². The van der Waals surface area contributed by atoms with E-state index in [1.807, 2.05) is 37.3 Å². The zero-order valence-corrected chi connectivity index (χ0v) is 17.0. The van der Waals surface area contributed by atoms with Crippen LogP contribution in [0.4, 0.5) is 19.0 Å². The van der Waals surface area contributed by atoms with E-state index in [4.69, 9.17) is 4.74 Å². The zero-order valence-electron chi connectivity index (χ0n) is 17.0. The molecular formula is C23H21F3N4O. The number of anilines is 1. The summed E-state index contributed by atoms with van der Waals surface area (Å²) in [6.07, 6.45) is -1.22. The number of hydrogen-bond donors (Lipinski definition) is 1. The van der Waals surface area contributed by atoms with Crippen LogP contribution >= 0.6 is 0 Å². The monoisotopic (exact) mass is 426 g/mol. The molecule has 4 aromatic rings. The fourth-order valence-corrected chi connectivity index (χ4v) is 3.56. The van der Waals surface area contributed by atoms with Crippen LogP contribution in [0.2, 0.25) is 0 Å². The number of hydrogen-bond acceptors (Lipinski definition) is 4. The number of rotatable bonds is 6. The van der Waals surface area contributed by atoms with E-state index < -0.39 is 11.7 Å². The summed E-state index contributed by atoms with van der Waals surface area (Å²) in [5.41, 5.74) is 1.90. The zero-order chi connectivity index (χ0) is 22.0. The maximum Gasteiger partial charge on any atom is 0.416 e. The van der Waals surface area contributed by atoms with Crippen LogP contribution in [0.25, 0.3) is 27.8 Å². The van der Waals surface area contributed by atoms with Gasteiger partial charge in [-0.3, -0.25) is 0 Å². The highest BCUT2D eigenvalue weighted by Gasteiger charge is 2.30. The van der Waals surface area contributed by atoms with Crippen LogP contribution in [0, 0.1) is 0 Å². The summed E-state index contributed by atoms with van der Waals surface area (Å²) in [6, 6.07) is 14.8. The predicted octanol–water partition coefficient (Wildman–Crippen LogP) is 5.55. The highest BCUT2D eigenvalue weighted by atomic mass is 19.4. The van der Waals surface area contributed by atoms with Crippen molar-refractivity contribution in [1.29, 1.82) is 0 Å². The molecule has 0 aliphatic rings. The molecule has 160 valence electrons. The van der Waals surface area contributed by atoms with Crippen molar-refractivity contribution in [3.63, 3.8) is 0 Å². The highest BCUT2D eigenvalue weighted by Crippen LogP contribution is 2.37. The third kappa shape index (κ3) is 4.25. The Kier molecular flexibility index (Phi) is 5.65. The van der Waals surface area contributed by atoms with Gasteiger partial charge in [0.05, 0.1) is 17.6 Å². The maximum absolute atomic E-state index is 13.3. The summed E-state index contributed by atoms with van der Waals surface area (Å²) in [4.78, 5) is 8.82. The van der Waals surface area contributed by atoms with Gasteiger partial charge in [-0.25, -0.2) is 9.97 Å². The minimum atomic E-state index is -4.43. The van der Waals surface area contributed by atoms with Gasteiger partial charge in [0.2, 0.25) is 0 Å². The van der Waals surface area contributed by atoms with Crippen molar-refractivity contribution in [3.05, 3.63) is 72.7 Å². The summed E-state index contributed by atoms with van der Waals surface area (Å²) < 4.78 is 46.7. The Morgan fingerprint density at radius 3 is 2.55 bits per heavy atom. The van der Waals surface area contributed by atoms with Crippen molar-refractivity contribution in [1.82, 2.24) is 14.5 Å². The normalized spacial score (nSPS) is 12.8. The largest absolute Gasteiger partial charge is 0.416 e. The van der Waals surface area contributed by atoms with Crippen molar-refractivity contribution in [2.75, 3.05) is 19.0 Å². The van der Waals surface area contributed by atoms with Crippen LogP contribution in [-0.4, -0.2) is 34.3 Å². The van der Waals surface area contributed by atoms with E-state index in [1.165, 1.54) is 12.4 Å². The van der Waals surface area contributed by atoms with Gasteiger partial charge in [0, 0.05) is 30.6 Å². The molecule has 8 heteroatoms. The number of alkyl halides is 3. The SMILES string of the molecule is COC[C@H](C)Nc1ncnc2c1c(-c1ccccc1)cn2-c1cccc(C(F)(F)F)c1. The van der Waals surface area contributed by atoms with E-state index in [-0.39, 0.29) is 6.04 Å². The lowest BCUT2D eigenvalue weighted by atomic mass is 10.1. The third-order valence-electron chi connectivity index (χ3n) is 4.92. The molecule has 0 amide bonds. The van der Waals surface area contributed by atoms with E-state index in [0.717, 1.165) is 28.6 Å². The Labute approximate surface area is 177 Å². The van der Waals surface area contributed by atoms with Crippen LogP contribution in [0.3, 0.4) is 0 Å². The Balaban J connectivity index is 1.94. The molecule has 0 aliphatic heterocycles. The van der Waals surface area contributed by atoms with E-state index in [0.29, 0.717) is 23.8 Å². The van der Waals surface area contributed by atoms with Gasteiger partial charge < -0.3 is 14.6 Å². The van der Waals surface area contributed by atoms with Gasteiger partial charge in [0.25, 0.3) is 0 Å². The number of benzene rings is 2. The van der Waals surface area contributed by atoms with E-state index in [9.17, 15) is 13.2 Å². The average Bonchev–Trinajstić information content (AvgIpc) is 3.15. The van der Waals surface area contributed by atoms with E-state index in [2.05, 4.69) is 15.3 Å². The lowest BCUT2D eigenvalue weighted by Gasteiger charge is -2.15. The molecule has 2 aromatic carbocycles. The topological polar surface area (TPSA) is 52.0 Å². The first-order valence-corrected chi connectivity index (χ1v) is 9.73. The molecule has 0 aliphatic carbocycles. The van der Waals surface area contributed by atoms with Crippen LogP contribution in [0.15, 0.2) is 67.1 Å². The first kappa shape index (κ1) is 20.9. The minimum absolute atomic E-state index is 0.0244. The van der Waals surface area contributed by atoms with Crippen molar-refractivity contribution in [2.45, 2.75) is 19.1 Å². The fraction of sp³-hybridized carbons (Fsp3) is 0.217. The number of fused-ring (bicyclic) bond motifs is 1. The molecule has 0 saturated carbocycles. The maximum atomic E-state index is 13.3. The second kappa shape index (κ2) is 8.39. The lowest BCUT2D eigenvalue weighted by molar-refractivity contribution is -0.137. The van der Waals surface area contributed by atoms with Crippen LogP contribution in [0.1, 0.15) is 12.5 Å². The predicted molar refractivity (Wildman–Crippen MR) is 114 cm³/mol. The molecular weight excluding hydrogens is 405 g/mol. The second-order valence-corrected chi connectivity index (χ2v) is 7.25. The fourth-order valence-electron chi connectivity index (χ4n) is 3.56. The number of aromatic nitrogens is 3. The Morgan fingerprint density at radius 1 is 1.06 bits per heavy atom. The number of methoxy groups -OCH3 is 1. The summed E-state index contributed by atoms with van der Waals surface area (Å²) in [5, 5.41) is 4.06. The van der Waals surface area contributed by atoms with Crippen molar-refractivity contribution in [3.8, 4) is 16.8 Å². The molecule has 0 fully saturated rings. The highest BCUT2D eigenvalue weighted by molar-refractivity contribution is 6.02. The number of nitrogens with one attached hydrogen (secondary N) is 1. The molecule has 1 atom stereocenters. The Hall–Kier alpha value is -3.39. The van der Waals surface area contributed by atoms with Crippen molar-refractivity contribution in [2.24, 2.45) is 0 Å². The van der Waals surface area contributed by atoms with Gasteiger partial charge in [-0.1, -0.05) is 36.4 Å². The molecule has 0 bridgehead atoms. The van der Waals surface area contributed by atoms with Gasteiger partial charge >= 0.3 is 6.18 Å². The second-order valence-electron chi connectivity index (χ2n) is 7.25. The smallest absolute Gasteiger partial charge is 0.383 e. The van der Waals surface area contributed by atoms with Gasteiger partial charge in [-0.05, 0) is 30.7 Å². The first-order chi connectivity index (χ1) is 14.9. The molecule has 1 N–H and O–H groups in total.